The van der Waals surface area contributed by atoms with Gasteiger partial charge in [0.05, 0.1) is 22.3 Å². The molecule has 0 aromatic heterocycles. The molecule has 0 radical (unpaired) electrons. The average molecular weight is 442 g/mol. The predicted octanol–water partition coefficient (Wildman–Crippen LogP) is 3.40. The maximum absolute atomic E-state index is 15.5. The van der Waals surface area contributed by atoms with Crippen molar-refractivity contribution in [2.45, 2.75) is 18.0 Å². The first-order valence-electron chi connectivity index (χ1n) is 8.45. The van der Waals surface area contributed by atoms with E-state index in [0.717, 1.165) is 48.5 Å². The summed E-state index contributed by atoms with van der Waals surface area (Å²) in [7, 11) is 0. The molecule has 2 aliphatic heterocycles. The standard InChI is InChI=1S/C19H8F6N2O4/c20-17(18(21,22)23,26-13(28)9-5-1-2-6-10(9)14(26)29)19(24,25)27-15(30)11-7-3-4-8-12(11)16(27)31/h1-8H. The van der Waals surface area contributed by atoms with E-state index < -0.39 is 73.7 Å². The predicted molar refractivity (Wildman–Crippen MR) is 88.7 cm³/mol. The summed E-state index contributed by atoms with van der Waals surface area (Å²) in [6, 6.07) is 2.06. The van der Waals surface area contributed by atoms with Crippen LogP contribution in [0.15, 0.2) is 48.5 Å². The molecule has 0 aliphatic carbocycles. The summed E-state index contributed by atoms with van der Waals surface area (Å²) in [5, 5.41) is 0. The molecule has 0 saturated heterocycles. The molecule has 0 bridgehead atoms. The fourth-order valence-corrected chi connectivity index (χ4v) is 3.49. The highest BCUT2D eigenvalue weighted by atomic mass is 19.4. The summed E-state index contributed by atoms with van der Waals surface area (Å²) < 4.78 is 87.4. The van der Waals surface area contributed by atoms with Crippen LogP contribution in [0.2, 0.25) is 0 Å². The van der Waals surface area contributed by atoms with Crippen LogP contribution in [-0.2, 0) is 0 Å². The monoisotopic (exact) mass is 442 g/mol. The number of carbonyl (C=O) groups excluding carboxylic acids is 4. The van der Waals surface area contributed by atoms with Gasteiger partial charge >= 0.3 is 18.0 Å². The topological polar surface area (TPSA) is 74.8 Å². The molecule has 4 amide bonds. The maximum atomic E-state index is 15.5. The molecule has 4 rings (SSSR count). The van der Waals surface area contributed by atoms with Crippen LogP contribution in [0, 0.1) is 0 Å². The lowest BCUT2D eigenvalue weighted by molar-refractivity contribution is -0.357. The van der Waals surface area contributed by atoms with Gasteiger partial charge in [0.2, 0.25) is 0 Å². The third-order valence-electron chi connectivity index (χ3n) is 4.95. The summed E-state index contributed by atoms with van der Waals surface area (Å²) in [6.07, 6.45) is -6.58. The van der Waals surface area contributed by atoms with E-state index in [1.54, 1.807) is 0 Å². The van der Waals surface area contributed by atoms with Crippen molar-refractivity contribution in [3.63, 3.8) is 0 Å². The summed E-state index contributed by atoms with van der Waals surface area (Å²) >= 11 is 0. The van der Waals surface area contributed by atoms with Crippen LogP contribution in [0.1, 0.15) is 41.4 Å². The number of benzene rings is 2. The second-order valence-electron chi connectivity index (χ2n) is 6.64. The van der Waals surface area contributed by atoms with Crippen molar-refractivity contribution in [3.8, 4) is 0 Å². The molecule has 2 aromatic carbocycles. The number of nitrogens with zero attached hydrogens (tertiary/aromatic N) is 2. The van der Waals surface area contributed by atoms with Crippen LogP contribution < -0.4 is 0 Å². The molecule has 12 heteroatoms. The largest absolute Gasteiger partial charge is 0.451 e. The summed E-state index contributed by atoms with van der Waals surface area (Å²) in [4.78, 5) is 46.9. The van der Waals surface area contributed by atoms with Gasteiger partial charge < -0.3 is 0 Å². The Morgan fingerprint density at radius 1 is 0.516 bits per heavy atom. The van der Waals surface area contributed by atoms with Gasteiger partial charge in [0.25, 0.3) is 23.6 Å². The van der Waals surface area contributed by atoms with Gasteiger partial charge in [-0.3, -0.25) is 19.2 Å². The van der Waals surface area contributed by atoms with Crippen molar-refractivity contribution in [3.05, 3.63) is 70.8 Å². The minimum atomic E-state index is -6.58. The van der Waals surface area contributed by atoms with Gasteiger partial charge in [-0.2, -0.15) is 26.3 Å². The molecular formula is C19H8F6N2O4. The highest BCUT2D eigenvalue weighted by Gasteiger charge is 2.82. The summed E-state index contributed by atoms with van der Waals surface area (Å²) in [5.74, 6) is -13.8. The highest BCUT2D eigenvalue weighted by molar-refractivity contribution is 6.23. The number of imide groups is 2. The Balaban J connectivity index is 1.90. The van der Waals surface area contributed by atoms with Crippen molar-refractivity contribution in [1.82, 2.24) is 9.80 Å². The average Bonchev–Trinajstić information content (AvgIpc) is 3.12. The number of carbonyl (C=O) groups is 4. The number of amides is 4. The third kappa shape index (κ3) is 2.41. The Morgan fingerprint density at radius 2 is 0.806 bits per heavy atom. The molecule has 2 aliphatic rings. The number of alkyl halides is 6. The molecule has 31 heavy (non-hydrogen) atoms. The maximum Gasteiger partial charge on any atom is 0.451 e. The van der Waals surface area contributed by atoms with Crippen molar-refractivity contribution < 1.29 is 45.5 Å². The lowest BCUT2D eigenvalue weighted by Crippen LogP contribution is -2.73. The van der Waals surface area contributed by atoms with Crippen molar-refractivity contribution >= 4 is 23.6 Å². The Hall–Kier alpha value is -3.70. The number of hydrogen-bond donors (Lipinski definition) is 0. The van der Waals surface area contributed by atoms with Gasteiger partial charge in [-0.15, -0.1) is 0 Å². The lowest BCUT2D eigenvalue weighted by atomic mass is 10.1. The van der Waals surface area contributed by atoms with Gasteiger partial charge in [-0.05, 0) is 24.3 Å². The van der Waals surface area contributed by atoms with E-state index in [4.69, 9.17) is 0 Å². The fraction of sp³-hybridized carbons (Fsp3) is 0.158. The molecule has 2 aromatic rings. The molecule has 1 atom stereocenters. The first-order chi connectivity index (χ1) is 14.4. The Morgan fingerprint density at radius 3 is 1.10 bits per heavy atom. The molecule has 6 nitrogen and oxygen atoms in total. The van der Waals surface area contributed by atoms with E-state index in [1.807, 2.05) is 0 Å². The number of hydrogen-bond acceptors (Lipinski definition) is 4. The van der Waals surface area contributed by atoms with Crippen molar-refractivity contribution in [2.24, 2.45) is 0 Å². The quantitative estimate of drug-likeness (QED) is 0.415. The Kier molecular flexibility index (Phi) is 4.08. The summed E-state index contributed by atoms with van der Waals surface area (Å²) in [5.41, 5.74) is -2.84. The zero-order valence-corrected chi connectivity index (χ0v) is 14.9. The van der Waals surface area contributed by atoms with E-state index in [0.29, 0.717) is 0 Å². The molecule has 1 unspecified atom stereocenters. The van der Waals surface area contributed by atoms with E-state index in [1.165, 1.54) is 0 Å². The minimum absolute atomic E-state index is 0.681. The van der Waals surface area contributed by atoms with E-state index in [-0.39, 0.29) is 0 Å². The zero-order valence-electron chi connectivity index (χ0n) is 14.9. The van der Waals surface area contributed by atoms with Gasteiger partial charge in [-0.1, -0.05) is 24.3 Å². The van der Waals surface area contributed by atoms with E-state index >= 15 is 13.2 Å². The third-order valence-corrected chi connectivity index (χ3v) is 4.95. The Bertz CT molecular complexity index is 1110. The van der Waals surface area contributed by atoms with E-state index in [2.05, 4.69) is 0 Å². The van der Waals surface area contributed by atoms with Crippen LogP contribution in [0.4, 0.5) is 26.3 Å². The van der Waals surface area contributed by atoms with Crippen LogP contribution in [0.5, 0.6) is 0 Å². The van der Waals surface area contributed by atoms with Crippen LogP contribution in [0.25, 0.3) is 0 Å². The first-order valence-corrected chi connectivity index (χ1v) is 8.45. The molecule has 0 saturated carbocycles. The molecule has 2 heterocycles. The zero-order chi connectivity index (χ0) is 22.9. The van der Waals surface area contributed by atoms with Gasteiger partial charge in [0.1, 0.15) is 0 Å². The van der Waals surface area contributed by atoms with Crippen LogP contribution in [0.3, 0.4) is 0 Å². The number of rotatable bonds is 3. The van der Waals surface area contributed by atoms with Crippen LogP contribution in [-0.4, -0.2) is 51.4 Å². The minimum Gasteiger partial charge on any atom is -0.268 e. The fourth-order valence-electron chi connectivity index (χ4n) is 3.49. The van der Waals surface area contributed by atoms with Crippen molar-refractivity contribution in [1.29, 1.82) is 0 Å². The van der Waals surface area contributed by atoms with E-state index in [9.17, 15) is 32.3 Å². The number of fused-ring (bicyclic) bond motifs is 2. The summed E-state index contributed by atoms with van der Waals surface area (Å²) in [6.45, 7) is 0. The van der Waals surface area contributed by atoms with Crippen molar-refractivity contribution in [2.75, 3.05) is 0 Å². The smallest absolute Gasteiger partial charge is 0.268 e. The molecular weight excluding hydrogens is 434 g/mol. The van der Waals surface area contributed by atoms with Gasteiger partial charge in [0, 0.05) is 0 Å². The first kappa shape index (κ1) is 20.6. The number of halogens is 6. The SMILES string of the molecule is O=C1c2ccccc2C(=O)N1C(F)(F)C(F)(N1C(=O)c2ccccc2C1=O)C(F)(F)F. The lowest BCUT2D eigenvalue weighted by Gasteiger charge is -2.42. The second kappa shape index (κ2) is 6.15. The molecule has 0 spiro atoms. The van der Waals surface area contributed by atoms with Gasteiger partial charge in [-0.25, -0.2) is 9.80 Å². The second-order valence-corrected chi connectivity index (χ2v) is 6.64. The highest BCUT2D eigenvalue weighted by Crippen LogP contribution is 2.52. The van der Waals surface area contributed by atoms with Gasteiger partial charge in [0.15, 0.2) is 0 Å². The molecule has 160 valence electrons. The normalized spacial score (nSPS) is 18.4. The Labute approximate surface area is 168 Å². The van der Waals surface area contributed by atoms with Crippen LogP contribution >= 0.6 is 0 Å². The molecule has 0 N–H and O–H groups in total. The molecule has 0 fully saturated rings.